The first-order valence-electron chi connectivity index (χ1n) is 12.1. The van der Waals surface area contributed by atoms with Gasteiger partial charge in [-0.1, -0.05) is 66.2 Å². The number of para-hydroxylation sites is 1. The highest BCUT2D eigenvalue weighted by Crippen LogP contribution is 2.26. The molecule has 0 saturated carbocycles. The van der Waals surface area contributed by atoms with Crippen LogP contribution in [0, 0.1) is 0 Å². The second-order valence-electron chi connectivity index (χ2n) is 8.78. The van der Waals surface area contributed by atoms with E-state index >= 15 is 0 Å². The molecule has 0 aliphatic carbocycles. The third kappa shape index (κ3) is 7.20. The molecule has 1 aliphatic heterocycles. The average Bonchev–Trinajstić information content (AvgIpc) is 3.39. The Kier molecular flexibility index (Phi) is 9.35. The van der Waals surface area contributed by atoms with Gasteiger partial charge in [-0.15, -0.1) is 11.3 Å². The molecule has 3 N–H and O–H groups in total. The van der Waals surface area contributed by atoms with Crippen molar-refractivity contribution in [2.24, 2.45) is 0 Å². The number of anilines is 1. The van der Waals surface area contributed by atoms with Crippen LogP contribution in [0.15, 0.2) is 66.0 Å². The van der Waals surface area contributed by atoms with E-state index < -0.39 is 24.0 Å². The second-order valence-corrected chi connectivity index (χ2v) is 10.2. The fourth-order valence-electron chi connectivity index (χ4n) is 4.13. The number of thiophene rings is 1. The Bertz CT molecular complexity index is 1220. The summed E-state index contributed by atoms with van der Waals surface area (Å²) in [5.74, 6) is -1.43. The zero-order valence-electron chi connectivity index (χ0n) is 20.3. The van der Waals surface area contributed by atoms with Crippen molar-refractivity contribution in [1.82, 2.24) is 10.2 Å². The number of amides is 2. The molecular weight excluding hydrogens is 510 g/mol. The average molecular weight is 540 g/mol. The van der Waals surface area contributed by atoms with Gasteiger partial charge in [0.2, 0.25) is 0 Å². The Labute approximate surface area is 225 Å². The largest absolute Gasteiger partial charge is 0.380 e. The van der Waals surface area contributed by atoms with Crippen molar-refractivity contribution in [3.05, 3.63) is 87.1 Å². The molecule has 1 aromatic heterocycles. The van der Waals surface area contributed by atoms with Gasteiger partial charge < -0.3 is 25.3 Å². The molecule has 2 atom stereocenters. The predicted octanol–water partition coefficient (Wildman–Crippen LogP) is 3.30. The van der Waals surface area contributed by atoms with Crippen LogP contribution in [0.4, 0.5) is 5.69 Å². The van der Waals surface area contributed by atoms with E-state index in [1.807, 2.05) is 78.2 Å². The van der Waals surface area contributed by atoms with E-state index in [4.69, 9.17) is 11.6 Å². The van der Waals surface area contributed by atoms with Gasteiger partial charge in [0, 0.05) is 37.6 Å². The smallest absolute Gasteiger partial charge is 0.254 e. The molecule has 0 unspecified atom stereocenters. The molecule has 194 valence electrons. The van der Waals surface area contributed by atoms with Crippen LogP contribution in [0.1, 0.15) is 16.0 Å². The van der Waals surface area contributed by atoms with Gasteiger partial charge in [0.05, 0.1) is 10.7 Å². The Morgan fingerprint density at radius 2 is 1.62 bits per heavy atom. The summed E-state index contributed by atoms with van der Waals surface area (Å²) >= 11 is 7.85. The monoisotopic (exact) mass is 539 g/mol. The van der Waals surface area contributed by atoms with Gasteiger partial charge in [0.15, 0.2) is 12.2 Å². The van der Waals surface area contributed by atoms with Crippen LogP contribution in [0.5, 0.6) is 0 Å². The SMILES string of the molecule is O=C(NCCc1cc(/C=C/c2ccccc2)cs1)[C@H](O)[C@@H](O)C(=O)N1CCN(c2ccccc2Cl)CC1. The minimum absolute atomic E-state index is 0.287. The molecule has 4 rings (SSSR count). The normalized spacial score (nSPS) is 15.5. The fourth-order valence-corrected chi connectivity index (χ4v) is 5.24. The molecule has 1 aliphatic rings. The Morgan fingerprint density at radius 3 is 2.35 bits per heavy atom. The van der Waals surface area contributed by atoms with Crippen LogP contribution in [-0.4, -0.2) is 71.9 Å². The van der Waals surface area contributed by atoms with Crippen LogP contribution in [0.3, 0.4) is 0 Å². The molecule has 37 heavy (non-hydrogen) atoms. The number of benzene rings is 2. The van der Waals surface area contributed by atoms with E-state index in [0.717, 1.165) is 21.7 Å². The zero-order chi connectivity index (χ0) is 26.2. The maximum atomic E-state index is 12.7. The molecule has 1 saturated heterocycles. The van der Waals surface area contributed by atoms with Crippen molar-refractivity contribution in [2.75, 3.05) is 37.6 Å². The molecular formula is C28H30ClN3O4S. The Hall–Kier alpha value is -3.17. The lowest BCUT2D eigenvalue weighted by atomic mass is 10.1. The first-order valence-corrected chi connectivity index (χ1v) is 13.4. The highest BCUT2D eigenvalue weighted by Gasteiger charge is 2.34. The van der Waals surface area contributed by atoms with E-state index in [2.05, 4.69) is 10.2 Å². The van der Waals surface area contributed by atoms with Crippen molar-refractivity contribution in [1.29, 1.82) is 0 Å². The Balaban J connectivity index is 1.20. The number of hydrogen-bond acceptors (Lipinski definition) is 6. The summed E-state index contributed by atoms with van der Waals surface area (Å²) in [6, 6.07) is 19.6. The lowest BCUT2D eigenvalue weighted by Crippen LogP contribution is -2.55. The second kappa shape index (κ2) is 12.9. The number of aliphatic hydroxyl groups is 2. The van der Waals surface area contributed by atoms with Gasteiger partial charge in [-0.2, -0.15) is 0 Å². The number of piperazine rings is 1. The molecule has 1 fully saturated rings. The lowest BCUT2D eigenvalue weighted by molar-refractivity contribution is -0.153. The highest BCUT2D eigenvalue weighted by molar-refractivity contribution is 7.10. The van der Waals surface area contributed by atoms with Gasteiger partial charge in [-0.3, -0.25) is 9.59 Å². The molecule has 0 spiro atoms. The standard InChI is InChI=1S/C28H30ClN3O4S/c29-23-8-4-5-9-24(23)31-14-16-32(17-15-31)28(36)26(34)25(33)27(35)30-13-12-22-18-21(19-37-22)11-10-20-6-2-1-3-7-20/h1-11,18-19,25-26,33-34H,12-17H2,(H,30,35)/b11-10+/t25-,26-/m1/s1. The lowest BCUT2D eigenvalue weighted by Gasteiger charge is -2.37. The van der Waals surface area contributed by atoms with E-state index in [-0.39, 0.29) is 6.54 Å². The van der Waals surface area contributed by atoms with Crippen molar-refractivity contribution >= 4 is 52.6 Å². The van der Waals surface area contributed by atoms with Crippen molar-refractivity contribution < 1.29 is 19.8 Å². The third-order valence-electron chi connectivity index (χ3n) is 6.22. The summed E-state index contributed by atoms with van der Waals surface area (Å²) in [6.45, 7) is 2.07. The number of carbonyl (C=O) groups excluding carboxylic acids is 2. The van der Waals surface area contributed by atoms with Crippen LogP contribution < -0.4 is 10.2 Å². The summed E-state index contributed by atoms with van der Waals surface area (Å²) in [7, 11) is 0. The molecule has 2 aromatic carbocycles. The molecule has 2 amide bonds. The van der Waals surface area contributed by atoms with E-state index in [0.29, 0.717) is 37.6 Å². The summed E-state index contributed by atoms with van der Waals surface area (Å²) in [4.78, 5) is 29.7. The topological polar surface area (TPSA) is 93.1 Å². The summed E-state index contributed by atoms with van der Waals surface area (Å²) in [6.07, 6.45) is 1.01. The van der Waals surface area contributed by atoms with Crippen LogP contribution in [0.25, 0.3) is 12.2 Å². The van der Waals surface area contributed by atoms with Crippen LogP contribution in [0.2, 0.25) is 5.02 Å². The van der Waals surface area contributed by atoms with Crippen molar-refractivity contribution in [2.45, 2.75) is 18.6 Å². The number of carbonyl (C=O) groups is 2. The summed E-state index contributed by atoms with van der Waals surface area (Å²) in [5, 5.41) is 26.0. The molecule has 9 heteroatoms. The van der Waals surface area contributed by atoms with Crippen LogP contribution in [-0.2, 0) is 16.0 Å². The highest BCUT2D eigenvalue weighted by atomic mass is 35.5. The summed E-state index contributed by atoms with van der Waals surface area (Å²) < 4.78 is 0. The zero-order valence-corrected chi connectivity index (χ0v) is 21.9. The maximum absolute atomic E-state index is 12.7. The van der Waals surface area contributed by atoms with Crippen molar-refractivity contribution in [3.8, 4) is 0 Å². The van der Waals surface area contributed by atoms with Gasteiger partial charge in [0.25, 0.3) is 11.8 Å². The van der Waals surface area contributed by atoms with Gasteiger partial charge in [-0.25, -0.2) is 0 Å². The number of rotatable bonds is 9. The van der Waals surface area contributed by atoms with Crippen molar-refractivity contribution in [3.63, 3.8) is 0 Å². The maximum Gasteiger partial charge on any atom is 0.254 e. The van der Waals surface area contributed by atoms with Crippen LogP contribution >= 0.6 is 22.9 Å². The van der Waals surface area contributed by atoms with E-state index in [1.54, 1.807) is 11.3 Å². The predicted molar refractivity (Wildman–Crippen MR) is 149 cm³/mol. The number of hydrogen-bond donors (Lipinski definition) is 3. The minimum atomic E-state index is -1.83. The third-order valence-corrected chi connectivity index (χ3v) is 7.55. The first kappa shape index (κ1) is 26.9. The minimum Gasteiger partial charge on any atom is -0.380 e. The summed E-state index contributed by atoms with van der Waals surface area (Å²) in [5.41, 5.74) is 3.08. The first-order chi connectivity index (χ1) is 17.9. The number of nitrogens with zero attached hydrogens (tertiary/aromatic N) is 2. The number of halogens is 1. The van der Waals surface area contributed by atoms with Gasteiger partial charge >= 0.3 is 0 Å². The fraction of sp³-hybridized carbons (Fsp3) is 0.286. The molecule has 2 heterocycles. The van der Waals surface area contributed by atoms with Gasteiger partial charge in [-0.05, 0) is 41.1 Å². The van der Waals surface area contributed by atoms with Gasteiger partial charge in [0.1, 0.15) is 0 Å². The molecule has 7 nitrogen and oxygen atoms in total. The number of nitrogens with one attached hydrogen (secondary N) is 1. The molecule has 3 aromatic rings. The molecule has 0 radical (unpaired) electrons. The van der Waals surface area contributed by atoms with E-state index in [1.165, 1.54) is 4.90 Å². The number of aliphatic hydroxyl groups excluding tert-OH is 2. The Morgan fingerprint density at radius 1 is 0.946 bits per heavy atom. The molecule has 0 bridgehead atoms. The van der Waals surface area contributed by atoms with E-state index in [9.17, 15) is 19.8 Å². The quantitative estimate of drug-likeness (QED) is 0.388.